The summed E-state index contributed by atoms with van der Waals surface area (Å²) >= 11 is 0. The fraction of sp³-hybridized carbons (Fsp3) is 0.353. The van der Waals surface area contributed by atoms with Crippen molar-refractivity contribution in [2.45, 2.75) is 38.9 Å². The van der Waals surface area contributed by atoms with Gasteiger partial charge in [-0.05, 0) is 37.1 Å². The minimum absolute atomic E-state index is 0.00876. The van der Waals surface area contributed by atoms with E-state index in [1.165, 1.54) is 5.70 Å². The maximum Gasteiger partial charge on any atom is 0.327 e. The van der Waals surface area contributed by atoms with Crippen LogP contribution in [0.3, 0.4) is 0 Å². The molecule has 0 bridgehead atoms. The van der Waals surface area contributed by atoms with Gasteiger partial charge < -0.3 is 16.4 Å². The van der Waals surface area contributed by atoms with Crippen molar-refractivity contribution in [1.29, 1.82) is 0 Å². The van der Waals surface area contributed by atoms with E-state index in [1.807, 2.05) is 37.4 Å². The first-order valence-electron chi connectivity index (χ1n) is 7.72. The second kappa shape index (κ2) is 5.85. The molecule has 2 amide bonds. The van der Waals surface area contributed by atoms with E-state index in [0.717, 1.165) is 29.7 Å². The molecule has 0 aromatic heterocycles. The Hall–Kier alpha value is -2.27. The average molecular weight is 298 g/mol. The third-order valence-corrected chi connectivity index (χ3v) is 3.99. The van der Waals surface area contributed by atoms with Crippen LogP contribution >= 0.6 is 0 Å². The Balaban J connectivity index is 1.85. The van der Waals surface area contributed by atoms with Crippen LogP contribution in [0, 0.1) is 0 Å². The normalized spacial score (nSPS) is 21.5. The Bertz CT molecular complexity index is 631. The lowest BCUT2D eigenvalue weighted by atomic mass is 10.1. The molecule has 0 fully saturated rings. The van der Waals surface area contributed by atoms with Gasteiger partial charge in [-0.3, -0.25) is 4.90 Å². The van der Waals surface area contributed by atoms with Gasteiger partial charge in [-0.2, -0.15) is 0 Å². The van der Waals surface area contributed by atoms with Crippen molar-refractivity contribution in [1.82, 2.24) is 10.6 Å². The lowest BCUT2D eigenvalue weighted by Gasteiger charge is -2.29. The van der Waals surface area contributed by atoms with Gasteiger partial charge in [0.25, 0.3) is 0 Å². The molecule has 2 heterocycles. The standard InChI is InChI=1S/C17H22N4O/c1-3-4-14-9-13-10-21(17(22)20-16(13)19-14)15-7-5-12(6-8-15)11(2)18/h5-11,16,19H,3-4,18H2,1-2H3,(H,20,22). The maximum absolute atomic E-state index is 12.3. The molecule has 3 rings (SSSR count). The number of benzene rings is 1. The molecule has 0 spiro atoms. The van der Waals surface area contributed by atoms with E-state index in [1.54, 1.807) is 4.90 Å². The zero-order chi connectivity index (χ0) is 15.7. The molecule has 22 heavy (non-hydrogen) atoms. The number of nitrogens with two attached hydrogens (primary N) is 1. The SMILES string of the molecule is CCCC1=CC2=CN(c3ccc(C(C)N)cc3)C(=O)NC2N1. The van der Waals surface area contributed by atoms with Crippen LogP contribution in [0.2, 0.25) is 0 Å². The monoisotopic (exact) mass is 298 g/mol. The second-order valence-corrected chi connectivity index (χ2v) is 5.83. The summed E-state index contributed by atoms with van der Waals surface area (Å²) in [6, 6.07) is 7.64. The van der Waals surface area contributed by atoms with Crippen LogP contribution in [0.4, 0.5) is 10.5 Å². The molecule has 0 aliphatic carbocycles. The van der Waals surface area contributed by atoms with Gasteiger partial charge in [0.1, 0.15) is 6.17 Å². The van der Waals surface area contributed by atoms with Crippen LogP contribution < -0.4 is 21.3 Å². The maximum atomic E-state index is 12.3. The first-order chi connectivity index (χ1) is 10.6. The number of carbonyl (C=O) groups excluding carboxylic acids is 1. The predicted molar refractivity (Wildman–Crippen MR) is 88.1 cm³/mol. The Morgan fingerprint density at radius 1 is 1.27 bits per heavy atom. The smallest absolute Gasteiger partial charge is 0.327 e. The molecule has 0 saturated heterocycles. The molecule has 1 aromatic carbocycles. The molecule has 1 aromatic rings. The number of hydrogen-bond donors (Lipinski definition) is 3. The lowest BCUT2D eigenvalue weighted by Crippen LogP contribution is -2.51. The van der Waals surface area contributed by atoms with Gasteiger partial charge >= 0.3 is 6.03 Å². The van der Waals surface area contributed by atoms with Crippen LogP contribution in [-0.4, -0.2) is 12.2 Å². The molecule has 2 aliphatic rings. The number of fused-ring (bicyclic) bond motifs is 1. The molecule has 0 radical (unpaired) electrons. The summed E-state index contributed by atoms with van der Waals surface area (Å²) in [4.78, 5) is 13.9. The van der Waals surface area contributed by atoms with E-state index in [4.69, 9.17) is 5.73 Å². The third-order valence-electron chi connectivity index (χ3n) is 3.99. The first kappa shape index (κ1) is 14.7. The zero-order valence-corrected chi connectivity index (χ0v) is 13.0. The summed E-state index contributed by atoms with van der Waals surface area (Å²) in [5, 5.41) is 6.32. The Labute approximate surface area is 130 Å². The molecule has 2 aliphatic heterocycles. The van der Waals surface area contributed by atoms with E-state index in [2.05, 4.69) is 23.6 Å². The van der Waals surface area contributed by atoms with Gasteiger partial charge in [0.15, 0.2) is 0 Å². The summed E-state index contributed by atoms with van der Waals surface area (Å²) in [6.45, 7) is 4.09. The molecule has 0 saturated carbocycles. The molecular weight excluding hydrogens is 276 g/mol. The highest BCUT2D eigenvalue weighted by atomic mass is 16.2. The molecule has 5 heteroatoms. The summed E-state index contributed by atoms with van der Waals surface area (Å²) in [5.74, 6) is 0. The van der Waals surface area contributed by atoms with Crippen LogP contribution in [0.15, 0.2) is 47.8 Å². The third kappa shape index (κ3) is 2.72. The van der Waals surface area contributed by atoms with Crippen molar-refractivity contribution in [2.75, 3.05) is 4.90 Å². The Morgan fingerprint density at radius 2 is 2.00 bits per heavy atom. The Kier molecular flexibility index (Phi) is 3.90. The number of anilines is 1. The molecule has 4 N–H and O–H groups in total. The molecule has 116 valence electrons. The summed E-state index contributed by atoms with van der Waals surface area (Å²) < 4.78 is 0. The van der Waals surface area contributed by atoms with Crippen LogP contribution in [0.25, 0.3) is 0 Å². The molecule has 2 atom stereocenters. The lowest BCUT2D eigenvalue weighted by molar-refractivity contribution is 0.243. The molecule has 5 nitrogen and oxygen atoms in total. The van der Waals surface area contributed by atoms with Gasteiger partial charge in [-0.1, -0.05) is 25.5 Å². The largest absolute Gasteiger partial charge is 0.365 e. The molecule has 2 unspecified atom stereocenters. The minimum atomic E-state index is -0.124. The van der Waals surface area contributed by atoms with Gasteiger partial charge in [0.2, 0.25) is 0 Å². The quantitative estimate of drug-likeness (QED) is 0.800. The van der Waals surface area contributed by atoms with Crippen LogP contribution in [-0.2, 0) is 0 Å². The van der Waals surface area contributed by atoms with Crippen molar-refractivity contribution in [3.8, 4) is 0 Å². The van der Waals surface area contributed by atoms with Gasteiger partial charge in [0.05, 0.1) is 5.69 Å². The number of urea groups is 1. The number of nitrogens with zero attached hydrogens (tertiary/aromatic N) is 1. The van der Waals surface area contributed by atoms with E-state index in [-0.39, 0.29) is 18.2 Å². The number of amides is 2. The fourth-order valence-corrected chi connectivity index (χ4v) is 2.77. The van der Waals surface area contributed by atoms with Crippen molar-refractivity contribution < 1.29 is 4.79 Å². The highest BCUT2D eigenvalue weighted by Gasteiger charge is 2.30. The Morgan fingerprint density at radius 3 is 2.64 bits per heavy atom. The summed E-state index contributed by atoms with van der Waals surface area (Å²) in [6.07, 6.45) is 5.99. The number of nitrogens with one attached hydrogen (secondary N) is 2. The van der Waals surface area contributed by atoms with Gasteiger partial charge in [-0.15, -0.1) is 0 Å². The van der Waals surface area contributed by atoms with Crippen molar-refractivity contribution >= 4 is 11.7 Å². The van der Waals surface area contributed by atoms with Crippen molar-refractivity contribution in [2.24, 2.45) is 5.73 Å². The van der Waals surface area contributed by atoms with Crippen molar-refractivity contribution in [3.05, 3.63) is 53.4 Å². The van der Waals surface area contributed by atoms with Gasteiger partial charge in [-0.25, -0.2) is 4.79 Å². The zero-order valence-electron chi connectivity index (χ0n) is 13.0. The van der Waals surface area contributed by atoms with E-state index in [9.17, 15) is 4.79 Å². The van der Waals surface area contributed by atoms with Crippen LogP contribution in [0.1, 0.15) is 38.3 Å². The highest BCUT2D eigenvalue weighted by molar-refractivity contribution is 5.96. The fourth-order valence-electron chi connectivity index (χ4n) is 2.77. The first-order valence-corrected chi connectivity index (χ1v) is 7.72. The summed E-state index contributed by atoms with van der Waals surface area (Å²) in [5.41, 5.74) is 10.0. The number of carbonyl (C=O) groups is 1. The van der Waals surface area contributed by atoms with Gasteiger partial charge in [0, 0.05) is 23.5 Å². The van der Waals surface area contributed by atoms with E-state index in [0.29, 0.717) is 0 Å². The van der Waals surface area contributed by atoms with E-state index < -0.39 is 0 Å². The van der Waals surface area contributed by atoms with Crippen LogP contribution in [0.5, 0.6) is 0 Å². The summed E-state index contributed by atoms with van der Waals surface area (Å²) in [7, 11) is 0. The predicted octanol–water partition coefficient (Wildman–Crippen LogP) is 2.73. The molecular formula is C17H22N4O. The average Bonchev–Trinajstić information content (AvgIpc) is 2.88. The number of hydrogen-bond acceptors (Lipinski definition) is 3. The second-order valence-electron chi connectivity index (χ2n) is 5.83. The minimum Gasteiger partial charge on any atom is -0.365 e. The number of allylic oxidation sites excluding steroid dienone is 1. The topological polar surface area (TPSA) is 70.4 Å². The van der Waals surface area contributed by atoms with E-state index >= 15 is 0 Å². The van der Waals surface area contributed by atoms with Crippen molar-refractivity contribution in [3.63, 3.8) is 0 Å². The highest BCUT2D eigenvalue weighted by Crippen LogP contribution is 2.26. The number of rotatable bonds is 4.